The van der Waals surface area contributed by atoms with Crippen LogP contribution in [0.5, 0.6) is 11.5 Å². The van der Waals surface area contributed by atoms with E-state index in [2.05, 4.69) is 20.8 Å². The molecule has 29 heavy (non-hydrogen) atoms. The highest BCUT2D eigenvalue weighted by atomic mass is 32.1. The number of nitrogens with zero attached hydrogens (tertiary/aromatic N) is 2. The molecule has 0 unspecified atom stereocenters. The molecule has 8 heteroatoms. The molecule has 2 aromatic carbocycles. The number of likely N-dealkylation sites (N-methyl/N-ethyl adjacent to an activating group) is 1. The second kappa shape index (κ2) is 10.2. The number of anilines is 1. The molecule has 0 aliphatic rings. The predicted octanol–water partition coefficient (Wildman–Crippen LogP) is 3.78. The van der Waals surface area contributed by atoms with Crippen molar-refractivity contribution in [2.24, 2.45) is 5.10 Å². The summed E-state index contributed by atoms with van der Waals surface area (Å²) in [6.07, 6.45) is 1.67. The summed E-state index contributed by atoms with van der Waals surface area (Å²) in [5.74, 6) is 0.845. The Morgan fingerprint density at radius 3 is 2.79 bits per heavy atom. The van der Waals surface area contributed by atoms with Gasteiger partial charge in [-0.1, -0.05) is 30.3 Å². The molecule has 0 aliphatic heterocycles. The van der Waals surface area contributed by atoms with Crippen LogP contribution in [0.3, 0.4) is 0 Å². The molecule has 0 radical (unpaired) electrons. The number of carbonyl (C=O) groups is 1. The fourth-order valence-electron chi connectivity index (χ4n) is 2.50. The SMILES string of the molecule is CCNC(=O)COc1ccc(/C=N\Nc2nc(-c3ccccc3)cs2)cc1OC. The number of nitrogens with one attached hydrogen (secondary N) is 2. The van der Waals surface area contributed by atoms with Crippen LogP contribution < -0.4 is 20.2 Å². The van der Waals surface area contributed by atoms with Gasteiger partial charge in [0.2, 0.25) is 5.13 Å². The Kier molecular flexibility index (Phi) is 7.18. The lowest BCUT2D eigenvalue weighted by atomic mass is 10.2. The third-order valence-corrected chi connectivity index (χ3v) is 4.61. The molecule has 0 atom stereocenters. The molecule has 3 rings (SSSR count). The van der Waals surface area contributed by atoms with Crippen molar-refractivity contribution in [1.82, 2.24) is 10.3 Å². The molecule has 0 saturated carbocycles. The van der Waals surface area contributed by atoms with E-state index in [0.29, 0.717) is 23.2 Å². The number of amides is 1. The first-order valence-electron chi connectivity index (χ1n) is 9.07. The molecule has 0 saturated heterocycles. The Morgan fingerprint density at radius 2 is 2.03 bits per heavy atom. The maximum Gasteiger partial charge on any atom is 0.257 e. The van der Waals surface area contributed by atoms with Crippen LogP contribution >= 0.6 is 11.3 Å². The third-order valence-electron chi connectivity index (χ3n) is 3.87. The van der Waals surface area contributed by atoms with Crippen molar-refractivity contribution in [3.8, 4) is 22.8 Å². The van der Waals surface area contributed by atoms with E-state index in [0.717, 1.165) is 16.8 Å². The van der Waals surface area contributed by atoms with E-state index in [1.807, 2.05) is 48.7 Å². The summed E-state index contributed by atoms with van der Waals surface area (Å²) in [7, 11) is 1.55. The van der Waals surface area contributed by atoms with Crippen LogP contribution in [0.15, 0.2) is 59.0 Å². The zero-order valence-corrected chi connectivity index (χ0v) is 17.0. The van der Waals surface area contributed by atoms with Gasteiger partial charge in [-0.05, 0) is 30.7 Å². The largest absolute Gasteiger partial charge is 0.493 e. The van der Waals surface area contributed by atoms with Gasteiger partial charge in [0.1, 0.15) is 0 Å². The van der Waals surface area contributed by atoms with E-state index in [4.69, 9.17) is 9.47 Å². The minimum absolute atomic E-state index is 0.0625. The van der Waals surface area contributed by atoms with Crippen molar-refractivity contribution in [3.63, 3.8) is 0 Å². The van der Waals surface area contributed by atoms with E-state index >= 15 is 0 Å². The molecule has 150 valence electrons. The van der Waals surface area contributed by atoms with Crippen LogP contribution in [-0.2, 0) is 4.79 Å². The Labute approximate surface area is 173 Å². The lowest BCUT2D eigenvalue weighted by molar-refractivity contribution is -0.123. The molecular formula is C21H22N4O3S. The Bertz CT molecular complexity index is 973. The number of methoxy groups -OCH3 is 1. The summed E-state index contributed by atoms with van der Waals surface area (Å²) in [6.45, 7) is 2.36. The van der Waals surface area contributed by atoms with Crippen LogP contribution in [0.25, 0.3) is 11.3 Å². The van der Waals surface area contributed by atoms with Crippen molar-refractivity contribution < 1.29 is 14.3 Å². The molecule has 0 bridgehead atoms. The summed E-state index contributed by atoms with van der Waals surface area (Å²) in [5, 5.41) is 9.60. The first-order chi connectivity index (χ1) is 14.2. The number of hydrazone groups is 1. The Balaban J connectivity index is 1.60. The maximum atomic E-state index is 11.5. The Morgan fingerprint density at radius 1 is 1.21 bits per heavy atom. The molecule has 1 amide bonds. The van der Waals surface area contributed by atoms with Crippen molar-refractivity contribution in [1.29, 1.82) is 0 Å². The minimum atomic E-state index is -0.178. The zero-order valence-electron chi connectivity index (χ0n) is 16.2. The number of ether oxygens (including phenoxy) is 2. The number of hydrogen-bond donors (Lipinski definition) is 2. The number of benzene rings is 2. The first-order valence-corrected chi connectivity index (χ1v) is 9.95. The second-order valence-electron chi connectivity index (χ2n) is 5.93. The summed E-state index contributed by atoms with van der Waals surface area (Å²) in [5.41, 5.74) is 5.73. The number of rotatable bonds is 9. The quantitative estimate of drug-likeness (QED) is 0.414. The lowest BCUT2D eigenvalue weighted by Gasteiger charge is -2.11. The number of hydrogen-bond acceptors (Lipinski definition) is 7. The van der Waals surface area contributed by atoms with Gasteiger partial charge in [-0.3, -0.25) is 10.2 Å². The maximum absolute atomic E-state index is 11.5. The van der Waals surface area contributed by atoms with E-state index in [9.17, 15) is 4.79 Å². The molecule has 1 heterocycles. The molecule has 0 spiro atoms. The Hall–Kier alpha value is -3.39. The number of carbonyl (C=O) groups excluding carboxylic acids is 1. The van der Waals surface area contributed by atoms with Crippen LogP contribution in [0, 0.1) is 0 Å². The fourth-order valence-corrected chi connectivity index (χ4v) is 3.17. The molecule has 0 aliphatic carbocycles. The number of aromatic nitrogens is 1. The summed E-state index contributed by atoms with van der Waals surface area (Å²) >= 11 is 1.48. The van der Waals surface area contributed by atoms with Crippen LogP contribution in [-0.4, -0.2) is 37.4 Å². The van der Waals surface area contributed by atoms with Crippen molar-refractivity contribution in [2.45, 2.75) is 6.92 Å². The van der Waals surface area contributed by atoms with Gasteiger partial charge in [-0.15, -0.1) is 11.3 Å². The highest BCUT2D eigenvalue weighted by Crippen LogP contribution is 2.28. The van der Waals surface area contributed by atoms with Crippen molar-refractivity contribution in [3.05, 3.63) is 59.5 Å². The smallest absolute Gasteiger partial charge is 0.257 e. The van der Waals surface area contributed by atoms with Crippen LogP contribution in [0.4, 0.5) is 5.13 Å². The second-order valence-corrected chi connectivity index (χ2v) is 6.78. The lowest BCUT2D eigenvalue weighted by Crippen LogP contribution is -2.28. The normalized spacial score (nSPS) is 10.7. The number of thiazole rings is 1. The van der Waals surface area contributed by atoms with E-state index < -0.39 is 0 Å². The van der Waals surface area contributed by atoms with Crippen LogP contribution in [0.2, 0.25) is 0 Å². The van der Waals surface area contributed by atoms with Gasteiger partial charge in [0.15, 0.2) is 18.1 Å². The topological polar surface area (TPSA) is 84.8 Å². The molecule has 0 fully saturated rings. The molecule has 7 nitrogen and oxygen atoms in total. The minimum Gasteiger partial charge on any atom is -0.493 e. The molecule has 2 N–H and O–H groups in total. The van der Waals surface area contributed by atoms with Gasteiger partial charge in [0.05, 0.1) is 19.0 Å². The average Bonchev–Trinajstić information content (AvgIpc) is 3.22. The van der Waals surface area contributed by atoms with E-state index in [-0.39, 0.29) is 12.5 Å². The molecule has 1 aromatic heterocycles. The zero-order chi connectivity index (χ0) is 20.5. The van der Waals surface area contributed by atoms with Gasteiger partial charge >= 0.3 is 0 Å². The van der Waals surface area contributed by atoms with Crippen molar-refractivity contribution >= 4 is 28.6 Å². The van der Waals surface area contributed by atoms with E-state index in [1.54, 1.807) is 25.5 Å². The summed E-state index contributed by atoms with van der Waals surface area (Å²) in [6, 6.07) is 15.3. The highest BCUT2D eigenvalue weighted by molar-refractivity contribution is 7.14. The molecular weight excluding hydrogens is 388 g/mol. The van der Waals surface area contributed by atoms with Crippen LogP contribution in [0.1, 0.15) is 12.5 Å². The van der Waals surface area contributed by atoms with Gasteiger partial charge in [-0.25, -0.2) is 4.98 Å². The standard InChI is InChI=1S/C21H22N4O3S/c1-3-22-20(26)13-28-18-10-9-15(11-19(18)27-2)12-23-25-21-24-17(14-29-21)16-7-5-4-6-8-16/h4-12,14H,3,13H2,1-2H3,(H,22,26)(H,24,25)/b23-12-. The van der Waals surface area contributed by atoms with Gasteiger partial charge in [0, 0.05) is 17.5 Å². The molecule has 3 aromatic rings. The highest BCUT2D eigenvalue weighted by Gasteiger charge is 2.08. The third kappa shape index (κ3) is 5.79. The average molecular weight is 410 g/mol. The predicted molar refractivity (Wildman–Crippen MR) is 116 cm³/mol. The van der Waals surface area contributed by atoms with E-state index in [1.165, 1.54) is 11.3 Å². The fraction of sp³-hybridized carbons (Fsp3) is 0.190. The summed E-state index contributed by atoms with van der Waals surface area (Å²) in [4.78, 5) is 16.1. The summed E-state index contributed by atoms with van der Waals surface area (Å²) < 4.78 is 10.9. The van der Waals surface area contributed by atoms with Crippen molar-refractivity contribution in [2.75, 3.05) is 25.7 Å². The first kappa shape index (κ1) is 20.3. The van der Waals surface area contributed by atoms with Gasteiger partial charge in [0.25, 0.3) is 5.91 Å². The van der Waals surface area contributed by atoms with Gasteiger partial charge < -0.3 is 14.8 Å². The monoisotopic (exact) mass is 410 g/mol. The van der Waals surface area contributed by atoms with Gasteiger partial charge in [-0.2, -0.15) is 5.10 Å².